The van der Waals surface area contributed by atoms with E-state index in [1.165, 1.54) is 6.20 Å². The number of hydrogen-bond acceptors (Lipinski definition) is 5. The molecule has 1 saturated heterocycles. The number of fused-ring (bicyclic) bond motifs is 1. The zero-order valence-electron chi connectivity index (χ0n) is 13.1. The molecular formula is C17H18N4O2S. The van der Waals surface area contributed by atoms with Gasteiger partial charge in [0.1, 0.15) is 16.2 Å². The van der Waals surface area contributed by atoms with Crippen LogP contribution in [0.3, 0.4) is 0 Å². The molecule has 0 atom stereocenters. The van der Waals surface area contributed by atoms with Crippen LogP contribution in [0.25, 0.3) is 11.0 Å². The number of rotatable bonds is 3. The van der Waals surface area contributed by atoms with E-state index in [0.29, 0.717) is 5.52 Å². The second-order valence-corrected chi connectivity index (χ2v) is 7.69. The highest BCUT2D eigenvalue weighted by Crippen LogP contribution is 2.28. The molecule has 6 nitrogen and oxygen atoms in total. The molecule has 0 radical (unpaired) electrons. The van der Waals surface area contributed by atoms with Crippen molar-refractivity contribution in [2.24, 2.45) is 0 Å². The molecule has 3 heterocycles. The lowest BCUT2D eigenvalue weighted by Crippen LogP contribution is -2.43. The van der Waals surface area contributed by atoms with Crippen LogP contribution in [-0.4, -0.2) is 44.6 Å². The summed E-state index contributed by atoms with van der Waals surface area (Å²) in [7, 11) is -3.59. The summed E-state index contributed by atoms with van der Waals surface area (Å²) in [5, 5.41) is 3.30. The summed E-state index contributed by atoms with van der Waals surface area (Å²) in [4.78, 5) is 10.3. The van der Waals surface area contributed by atoms with Gasteiger partial charge in [-0.1, -0.05) is 18.2 Å². The highest BCUT2D eigenvalue weighted by molar-refractivity contribution is 7.91. The Morgan fingerprint density at radius 2 is 1.75 bits per heavy atom. The maximum absolute atomic E-state index is 12.9. The molecule has 1 fully saturated rings. The van der Waals surface area contributed by atoms with E-state index in [-0.39, 0.29) is 9.79 Å². The average molecular weight is 342 g/mol. The Morgan fingerprint density at radius 3 is 2.50 bits per heavy atom. The van der Waals surface area contributed by atoms with Gasteiger partial charge in [0.15, 0.2) is 0 Å². The third-order valence-corrected chi connectivity index (χ3v) is 6.04. The molecule has 2 aromatic heterocycles. The van der Waals surface area contributed by atoms with E-state index >= 15 is 0 Å². The fraction of sp³-hybridized carbons (Fsp3) is 0.235. The van der Waals surface area contributed by atoms with Crippen molar-refractivity contribution in [3.63, 3.8) is 0 Å². The second kappa shape index (κ2) is 5.92. The van der Waals surface area contributed by atoms with Crippen molar-refractivity contribution >= 4 is 26.7 Å². The Hall–Kier alpha value is -2.38. The summed E-state index contributed by atoms with van der Waals surface area (Å²) in [6.45, 7) is 3.54. The summed E-state index contributed by atoms with van der Waals surface area (Å²) in [5.41, 5.74) is 1.22. The number of H-pyrrole nitrogens is 1. The van der Waals surface area contributed by atoms with Gasteiger partial charge in [-0.05, 0) is 24.3 Å². The van der Waals surface area contributed by atoms with Crippen LogP contribution in [0, 0.1) is 0 Å². The molecule has 0 aliphatic carbocycles. The van der Waals surface area contributed by atoms with Crippen molar-refractivity contribution in [1.29, 1.82) is 0 Å². The minimum atomic E-state index is -3.59. The van der Waals surface area contributed by atoms with Gasteiger partial charge in [0.05, 0.1) is 10.4 Å². The number of aromatic nitrogens is 2. The first-order chi connectivity index (χ1) is 11.7. The van der Waals surface area contributed by atoms with Gasteiger partial charge in [-0.2, -0.15) is 0 Å². The predicted octanol–water partition coefficient (Wildman–Crippen LogP) is 1.81. The molecule has 0 spiro atoms. The molecule has 1 aromatic carbocycles. The van der Waals surface area contributed by atoms with Crippen LogP contribution in [0.5, 0.6) is 0 Å². The number of aromatic amines is 1. The number of pyridine rings is 1. The van der Waals surface area contributed by atoms with Gasteiger partial charge in [0, 0.05) is 32.4 Å². The smallest absolute Gasteiger partial charge is 0.210 e. The van der Waals surface area contributed by atoms with Gasteiger partial charge in [-0.3, -0.25) is 0 Å². The molecule has 2 N–H and O–H groups in total. The highest BCUT2D eigenvalue weighted by Gasteiger charge is 2.23. The highest BCUT2D eigenvalue weighted by atomic mass is 32.2. The molecule has 124 valence electrons. The largest absolute Gasteiger partial charge is 0.359 e. The minimum absolute atomic E-state index is 0.223. The number of hydrogen-bond donors (Lipinski definition) is 2. The number of nitrogens with zero attached hydrogens (tertiary/aromatic N) is 2. The van der Waals surface area contributed by atoms with Crippen molar-refractivity contribution in [1.82, 2.24) is 15.3 Å². The Kier molecular flexibility index (Phi) is 3.74. The van der Waals surface area contributed by atoms with Gasteiger partial charge >= 0.3 is 0 Å². The average Bonchev–Trinajstić information content (AvgIpc) is 3.07. The third-order valence-electron chi connectivity index (χ3n) is 4.26. The van der Waals surface area contributed by atoms with Crippen LogP contribution < -0.4 is 10.2 Å². The van der Waals surface area contributed by atoms with E-state index in [0.717, 1.165) is 37.5 Å². The molecule has 0 amide bonds. The van der Waals surface area contributed by atoms with Gasteiger partial charge < -0.3 is 15.2 Å². The molecular weight excluding hydrogens is 324 g/mol. The Labute approximate surface area is 140 Å². The van der Waals surface area contributed by atoms with Crippen LogP contribution >= 0.6 is 0 Å². The number of nitrogens with one attached hydrogen (secondary N) is 2. The van der Waals surface area contributed by atoms with Crippen LogP contribution in [0.15, 0.2) is 58.5 Å². The summed E-state index contributed by atoms with van der Waals surface area (Å²) in [6.07, 6.45) is 1.53. The minimum Gasteiger partial charge on any atom is -0.359 e. The zero-order chi connectivity index (χ0) is 16.6. The van der Waals surface area contributed by atoms with Crippen molar-refractivity contribution in [3.05, 3.63) is 48.7 Å². The van der Waals surface area contributed by atoms with E-state index in [4.69, 9.17) is 0 Å². The van der Waals surface area contributed by atoms with E-state index in [2.05, 4.69) is 20.2 Å². The lowest BCUT2D eigenvalue weighted by molar-refractivity contribution is 0.585. The molecule has 24 heavy (non-hydrogen) atoms. The van der Waals surface area contributed by atoms with Crippen LogP contribution in [0.4, 0.5) is 5.82 Å². The molecule has 0 saturated carbocycles. The fourth-order valence-corrected chi connectivity index (χ4v) is 4.36. The first kappa shape index (κ1) is 15.2. The second-order valence-electron chi connectivity index (χ2n) is 5.77. The van der Waals surface area contributed by atoms with Crippen molar-refractivity contribution < 1.29 is 8.42 Å². The Balaban J connectivity index is 1.81. The fourth-order valence-electron chi connectivity index (χ4n) is 2.97. The Bertz CT molecular complexity index is 961. The van der Waals surface area contributed by atoms with E-state index < -0.39 is 9.84 Å². The Morgan fingerprint density at radius 1 is 1.00 bits per heavy atom. The summed E-state index contributed by atoms with van der Waals surface area (Å²) < 4.78 is 25.8. The number of benzene rings is 1. The van der Waals surface area contributed by atoms with E-state index in [1.54, 1.807) is 30.3 Å². The topological polar surface area (TPSA) is 78.1 Å². The van der Waals surface area contributed by atoms with Crippen molar-refractivity contribution in [2.45, 2.75) is 9.79 Å². The molecule has 7 heteroatoms. The van der Waals surface area contributed by atoms with Crippen molar-refractivity contribution in [2.75, 3.05) is 31.1 Å². The first-order valence-corrected chi connectivity index (χ1v) is 9.38. The zero-order valence-corrected chi connectivity index (χ0v) is 13.9. The molecule has 1 aliphatic rings. The van der Waals surface area contributed by atoms with Gasteiger partial charge in [-0.25, -0.2) is 13.4 Å². The lowest BCUT2D eigenvalue weighted by atomic mass is 10.3. The first-order valence-electron chi connectivity index (χ1n) is 7.90. The van der Waals surface area contributed by atoms with Crippen LogP contribution in [-0.2, 0) is 9.84 Å². The maximum Gasteiger partial charge on any atom is 0.210 e. The maximum atomic E-state index is 12.9. The number of piperazine rings is 1. The number of anilines is 1. The predicted molar refractivity (Wildman–Crippen MR) is 93.1 cm³/mol. The van der Waals surface area contributed by atoms with Gasteiger partial charge in [0.2, 0.25) is 9.84 Å². The van der Waals surface area contributed by atoms with Crippen molar-refractivity contribution in [3.8, 4) is 0 Å². The van der Waals surface area contributed by atoms with E-state index in [9.17, 15) is 8.42 Å². The summed E-state index contributed by atoms with van der Waals surface area (Å²) in [6, 6.07) is 12.3. The van der Waals surface area contributed by atoms with Crippen LogP contribution in [0.1, 0.15) is 0 Å². The third kappa shape index (κ3) is 2.55. The number of sulfone groups is 1. The molecule has 4 rings (SSSR count). The normalized spacial score (nSPS) is 15.8. The van der Waals surface area contributed by atoms with Gasteiger partial charge in [0.25, 0.3) is 0 Å². The molecule has 0 bridgehead atoms. The van der Waals surface area contributed by atoms with Gasteiger partial charge in [-0.15, -0.1) is 0 Å². The van der Waals surface area contributed by atoms with Crippen LogP contribution in [0.2, 0.25) is 0 Å². The SMILES string of the molecule is O=S(=O)(c1ccccc1)c1c[nH]c2ccc(N3CCNCC3)nc12. The summed E-state index contributed by atoms with van der Waals surface area (Å²) in [5.74, 6) is 0.813. The standard InChI is InChI=1S/C17H18N4O2S/c22-24(23,13-4-2-1-3-5-13)15-12-19-14-6-7-16(20-17(14)15)21-10-8-18-9-11-21/h1-7,12,18-19H,8-11H2. The molecule has 0 unspecified atom stereocenters. The quantitative estimate of drug-likeness (QED) is 0.759. The molecule has 1 aliphatic heterocycles. The summed E-state index contributed by atoms with van der Waals surface area (Å²) >= 11 is 0. The monoisotopic (exact) mass is 342 g/mol. The van der Waals surface area contributed by atoms with E-state index in [1.807, 2.05) is 12.1 Å². The lowest BCUT2D eigenvalue weighted by Gasteiger charge is -2.28. The molecule has 3 aromatic rings.